The second-order valence-corrected chi connectivity index (χ2v) is 5.82. The summed E-state index contributed by atoms with van der Waals surface area (Å²) < 4.78 is 27.6. The number of hydrogen-bond acceptors (Lipinski definition) is 6. The Morgan fingerprint density at radius 3 is 2.61 bits per heavy atom. The molecule has 2 aromatic heterocycles. The van der Waals surface area contributed by atoms with Crippen molar-refractivity contribution in [2.24, 2.45) is 7.05 Å². The van der Waals surface area contributed by atoms with Crippen LogP contribution in [0.15, 0.2) is 22.0 Å². The third kappa shape index (κ3) is 2.44. The van der Waals surface area contributed by atoms with Gasteiger partial charge in [0, 0.05) is 19.4 Å². The highest BCUT2D eigenvalue weighted by Gasteiger charge is 2.25. The summed E-state index contributed by atoms with van der Waals surface area (Å²) in [4.78, 5) is 7.50. The minimum absolute atomic E-state index is 0.0488. The molecule has 2 heterocycles. The molecule has 0 fully saturated rings. The van der Waals surface area contributed by atoms with E-state index < -0.39 is 10.0 Å². The van der Waals surface area contributed by atoms with Gasteiger partial charge in [0.05, 0.1) is 0 Å². The number of anilines is 1. The molecule has 18 heavy (non-hydrogen) atoms. The van der Waals surface area contributed by atoms with Crippen LogP contribution < -0.4 is 4.72 Å². The Balaban J connectivity index is 2.43. The molecule has 0 aliphatic carbocycles. The summed E-state index contributed by atoms with van der Waals surface area (Å²) in [6.07, 6.45) is 2.67. The Bertz CT molecular complexity index is 667. The van der Waals surface area contributed by atoms with Crippen LogP contribution in [0.4, 0.5) is 5.82 Å². The van der Waals surface area contributed by atoms with E-state index in [9.17, 15) is 8.42 Å². The number of sulfonamides is 1. The average molecular weight is 354 g/mol. The molecule has 0 radical (unpaired) electrons. The molecular formula is C7H6BrClN6O2S. The van der Waals surface area contributed by atoms with Gasteiger partial charge in [-0.2, -0.15) is 8.42 Å². The highest BCUT2D eigenvalue weighted by atomic mass is 79.9. The Hall–Kier alpha value is -1.26. The smallest absolute Gasteiger partial charge is 0.259 e. The van der Waals surface area contributed by atoms with Crippen LogP contribution in [0.3, 0.4) is 0 Å². The van der Waals surface area contributed by atoms with E-state index in [1.807, 2.05) is 0 Å². The fraction of sp³-hybridized carbons (Fsp3) is 0.143. The van der Waals surface area contributed by atoms with Gasteiger partial charge in [0.1, 0.15) is 0 Å². The molecule has 0 saturated carbocycles. The summed E-state index contributed by atoms with van der Waals surface area (Å²) >= 11 is 8.72. The topological polar surface area (TPSA) is 103 Å². The largest absolute Gasteiger partial charge is 0.283 e. The third-order valence-corrected chi connectivity index (χ3v) is 4.38. The summed E-state index contributed by atoms with van der Waals surface area (Å²) in [5.41, 5.74) is 0. The molecule has 11 heteroatoms. The molecule has 0 unspecified atom stereocenters. The normalized spacial score (nSPS) is 11.5. The highest BCUT2D eigenvalue weighted by molar-refractivity contribution is 9.10. The maximum Gasteiger partial charge on any atom is 0.283 e. The number of aromatic nitrogens is 5. The molecule has 0 saturated heterocycles. The minimum Gasteiger partial charge on any atom is -0.259 e. The fourth-order valence-electron chi connectivity index (χ4n) is 1.17. The highest BCUT2D eigenvalue weighted by Crippen LogP contribution is 2.22. The quantitative estimate of drug-likeness (QED) is 0.876. The summed E-state index contributed by atoms with van der Waals surface area (Å²) in [5.74, 6) is -0.0627. The van der Waals surface area contributed by atoms with Gasteiger partial charge in [0.25, 0.3) is 10.0 Å². The number of hydrogen-bond donors (Lipinski definition) is 1. The molecular weight excluding hydrogens is 348 g/mol. The number of halogens is 2. The first-order chi connectivity index (χ1) is 8.42. The zero-order valence-electron chi connectivity index (χ0n) is 8.87. The maximum absolute atomic E-state index is 12.1. The Kier molecular flexibility index (Phi) is 3.50. The van der Waals surface area contributed by atoms with E-state index in [4.69, 9.17) is 11.6 Å². The standard InChI is InChI=1S/C7H6BrClN6O2S/c1-15-7(4(8)12-14-15)18(16,17)13-6-5(9)10-2-3-11-6/h2-3H,1H3,(H,11,13). The van der Waals surface area contributed by atoms with Crippen LogP contribution in [-0.2, 0) is 17.1 Å². The van der Waals surface area contributed by atoms with Crippen LogP contribution in [-0.4, -0.2) is 33.4 Å². The number of nitrogens with zero attached hydrogens (tertiary/aromatic N) is 5. The first kappa shape index (κ1) is 13.2. The summed E-state index contributed by atoms with van der Waals surface area (Å²) in [5, 5.41) is 6.98. The average Bonchev–Trinajstić information content (AvgIpc) is 2.62. The van der Waals surface area contributed by atoms with Gasteiger partial charge in [-0.1, -0.05) is 16.8 Å². The molecule has 0 aliphatic rings. The molecule has 1 N–H and O–H groups in total. The van der Waals surface area contributed by atoms with Gasteiger partial charge in [0.2, 0.25) is 5.03 Å². The summed E-state index contributed by atoms with van der Waals surface area (Å²) in [6.45, 7) is 0. The molecule has 2 rings (SSSR count). The SMILES string of the molecule is Cn1nnc(Br)c1S(=O)(=O)Nc1nccnc1Cl. The third-order valence-electron chi connectivity index (χ3n) is 1.88. The molecule has 96 valence electrons. The predicted molar refractivity (Wildman–Crippen MR) is 66.6 cm³/mol. The minimum atomic E-state index is -3.90. The van der Waals surface area contributed by atoms with Crippen molar-refractivity contribution in [3.05, 3.63) is 22.1 Å². The van der Waals surface area contributed by atoms with Crippen molar-refractivity contribution in [1.29, 1.82) is 0 Å². The Morgan fingerprint density at radius 1 is 1.39 bits per heavy atom. The van der Waals surface area contributed by atoms with Gasteiger partial charge in [-0.05, 0) is 15.9 Å². The Labute approximate surface area is 116 Å². The molecule has 0 aliphatic heterocycles. The van der Waals surface area contributed by atoms with Gasteiger partial charge in [0.15, 0.2) is 15.6 Å². The lowest BCUT2D eigenvalue weighted by Crippen LogP contribution is -2.18. The lowest BCUT2D eigenvalue weighted by molar-refractivity contribution is 0.578. The van der Waals surface area contributed by atoms with Crippen LogP contribution in [0.25, 0.3) is 0 Å². The zero-order chi connectivity index (χ0) is 13.3. The van der Waals surface area contributed by atoms with E-state index in [1.165, 1.54) is 19.4 Å². The van der Waals surface area contributed by atoms with Gasteiger partial charge in [-0.25, -0.2) is 14.6 Å². The van der Waals surface area contributed by atoms with Crippen molar-refractivity contribution in [1.82, 2.24) is 25.0 Å². The van der Waals surface area contributed by atoms with Crippen LogP contribution in [0.2, 0.25) is 5.15 Å². The molecule has 2 aromatic rings. The summed E-state index contributed by atoms with van der Waals surface area (Å²) in [6, 6.07) is 0. The number of nitrogens with one attached hydrogen (secondary N) is 1. The van der Waals surface area contributed by atoms with Gasteiger partial charge in [-0.15, -0.1) is 5.10 Å². The van der Waals surface area contributed by atoms with Crippen LogP contribution in [0.5, 0.6) is 0 Å². The number of aryl methyl sites for hydroxylation is 1. The van der Waals surface area contributed by atoms with E-state index in [0.29, 0.717) is 0 Å². The van der Waals surface area contributed by atoms with Crippen LogP contribution in [0.1, 0.15) is 0 Å². The second-order valence-electron chi connectivity index (χ2n) is 3.11. The van der Waals surface area contributed by atoms with Crippen molar-refractivity contribution in [2.75, 3.05) is 4.72 Å². The first-order valence-corrected chi connectivity index (χ1v) is 7.12. The molecule has 8 nitrogen and oxygen atoms in total. The molecule has 0 amide bonds. The van der Waals surface area contributed by atoms with Crippen molar-refractivity contribution < 1.29 is 8.42 Å². The van der Waals surface area contributed by atoms with Crippen LogP contribution >= 0.6 is 27.5 Å². The van der Waals surface area contributed by atoms with E-state index in [0.717, 1.165) is 4.68 Å². The monoisotopic (exact) mass is 352 g/mol. The lowest BCUT2D eigenvalue weighted by Gasteiger charge is -2.07. The van der Waals surface area contributed by atoms with E-state index >= 15 is 0 Å². The molecule has 0 spiro atoms. The lowest BCUT2D eigenvalue weighted by atomic mass is 10.7. The Morgan fingerprint density at radius 2 is 2.06 bits per heavy atom. The molecule has 0 atom stereocenters. The van der Waals surface area contributed by atoms with Gasteiger partial charge >= 0.3 is 0 Å². The van der Waals surface area contributed by atoms with E-state index in [-0.39, 0.29) is 20.6 Å². The van der Waals surface area contributed by atoms with E-state index in [2.05, 4.69) is 40.9 Å². The van der Waals surface area contributed by atoms with Gasteiger partial charge in [-0.3, -0.25) is 4.72 Å². The van der Waals surface area contributed by atoms with Gasteiger partial charge < -0.3 is 0 Å². The number of rotatable bonds is 3. The van der Waals surface area contributed by atoms with Crippen molar-refractivity contribution in [3.63, 3.8) is 0 Å². The van der Waals surface area contributed by atoms with Crippen molar-refractivity contribution in [2.45, 2.75) is 5.03 Å². The maximum atomic E-state index is 12.1. The summed E-state index contributed by atoms with van der Waals surface area (Å²) in [7, 11) is -2.45. The van der Waals surface area contributed by atoms with Crippen molar-refractivity contribution >= 4 is 43.4 Å². The second kappa shape index (κ2) is 4.78. The van der Waals surface area contributed by atoms with Crippen LogP contribution in [0, 0.1) is 0 Å². The molecule has 0 aromatic carbocycles. The van der Waals surface area contributed by atoms with Crippen molar-refractivity contribution in [3.8, 4) is 0 Å². The molecule has 0 bridgehead atoms. The predicted octanol–water partition coefficient (Wildman–Crippen LogP) is 0.822. The zero-order valence-corrected chi connectivity index (χ0v) is 12.0. The first-order valence-electron chi connectivity index (χ1n) is 4.46. The van der Waals surface area contributed by atoms with E-state index in [1.54, 1.807) is 0 Å². The fourth-order valence-corrected chi connectivity index (χ4v) is 3.50.